The summed E-state index contributed by atoms with van der Waals surface area (Å²) in [4.78, 5) is 18.4. The number of aryl methyl sites for hydroxylation is 1. The molecule has 0 spiro atoms. The Hall–Kier alpha value is -2.71. The van der Waals surface area contributed by atoms with Crippen molar-refractivity contribution in [2.24, 2.45) is 0 Å². The van der Waals surface area contributed by atoms with Gasteiger partial charge in [0.05, 0.1) is 11.1 Å². The van der Waals surface area contributed by atoms with Gasteiger partial charge in [-0.3, -0.25) is 4.79 Å². The van der Waals surface area contributed by atoms with E-state index in [2.05, 4.69) is 10.3 Å². The van der Waals surface area contributed by atoms with Crippen LogP contribution >= 0.6 is 0 Å². The third-order valence-electron chi connectivity index (χ3n) is 5.14. The highest BCUT2D eigenvalue weighted by Gasteiger charge is 2.38. The lowest BCUT2D eigenvalue weighted by molar-refractivity contribution is -0.138. The topological polar surface area (TPSA) is 45.2 Å². The molecule has 0 aliphatic carbocycles. The van der Waals surface area contributed by atoms with Gasteiger partial charge in [0.1, 0.15) is 5.82 Å². The molecule has 3 rings (SSSR count). The Morgan fingerprint density at radius 1 is 1.17 bits per heavy atom. The number of anilines is 2. The van der Waals surface area contributed by atoms with Gasteiger partial charge in [-0.2, -0.15) is 13.2 Å². The van der Waals surface area contributed by atoms with Crippen LogP contribution in [0.15, 0.2) is 30.5 Å². The molecule has 0 radical (unpaired) electrons. The van der Waals surface area contributed by atoms with Gasteiger partial charge in [0.25, 0.3) is 5.91 Å². The van der Waals surface area contributed by atoms with Crippen molar-refractivity contribution in [2.75, 3.05) is 23.3 Å². The highest BCUT2D eigenvalue weighted by Crippen LogP contribution is 2.37. The van der Waals surface area contributed by atoms with Crippen LogP contribution in [0.2, 0.25) is 0 Å². The summed E-state index contributed by atoms with van der Waals surface area (Å²) in [6.45, 7) is 3.09. The second-order valence-corrected chi connectivity index (χ2v) is 7.51. The van der Waals surface area contributed by atoms with Gasteiger partial charge in [0.2, 0.25) is 5.92 Å². The molecule has 1 aliphatic rings. The Kier molecular flexibility index (Phi) is 6.01. The number of alkyl halides is 5. The van der Waals surface area contributed by atoms with Gasteiger partial charge >= 0.3 is 6.18 Å². The van der Waals surface area contributed by atoms with E-state index in [4.69, 9.17) is 0 Å². The average Bonchev–Trinajstić information content (AvgIpc) is 2.80. The third-order valence-corrected chi connectivity index (χ3v) is 5.14. The molecule has 1 N–H and O–H groups in total. The molecule has 1 saturated heterocycles. The first kappa shape index (κ1) is 22.0. The van der Waals surface area contributed by atoms with Gasteiger partial charge in [0.15, 0.2) is 0 Å². The molecule has 2 heterocycles. The molecule has 1 fully saturated rings. The number of rotatable bonds is 3. The van der Waals surface area contributed by atoms with Crippen molar-refractivity contribution in [3.05, 3.63) is 52.7 Å². The summed E-state index contributed by atoms with van der Waals surface area (Å²) in [5.74, 6) is -3.62. The highest BCUT2D eigenvalue weighted by atomic mass is 19.4. The fraction of sp³-hybridized carbons (Fsp3) is 0.429. The number of hydrogen-bond acceptors (Lipinski definition) is 3. The fourth-order valence-electron chi connectivity index (χ4n) is 3.58. The number of benzene rings is 1. The summed E-state index contributed by atoms with van der Waals surface area (Å²) in [5, 5.41) is 2.61. The standard InChI is InChI=1S/C21H22F5N3O/c1-13-5-3-6-15(11-13)28-19(30)17-14(2)16(21(24,25)26)12-27-18(17)29-9-4-7-20(22,23)8-10-29/h3,5-6,11-12H,4,7-10H2,1-2H3,(H,28,30). The van der Waals surface area contributed by atoms with Crippen LogP contribution in [-0.4, -0.2) is 29.9 Å². The van der Waals surface area contributed by atoms with E-state index in [0.717, 1.165) is 5.56 Å². The SMILES string of the molecule is Cc1cccc(NC(=O)c2c(N3CCCC(F)(F)CC3)ncc(C(F)(F)F)c2C)c1. The summed E-state index contributed by atoms with van der Waals surface area (Å²) >= 11 is 0. The second kappa shape index (κ2) is 8.20. The zero-order valence-electron chi connectivity index (χ0n) is 16.6. The maximum atomic E-state index is 13.8. The number of carbonyl (C=O) groups excluding carboxylic acids is 1. The molecule has 9 heteroatoms. The lowest BCUT2D eigenvalue weighted by atomic mass is 10.0. The molecule has 1 aromatic heterocycles. The van der Waals surface area contributed by atoms with Crippen LogP contribution < -0.4 is 10.2 Å². The molecule has 1 amide bonds. The van der Waals surface area contributed by atoms with Crippen LogP contribution in [0.5, 0.6) is 0 Å². The predicted octanol–water partition coefficient (Wildman–Crippen LogP) is 5.60. The maximum absolute atomic E-state index is 13.8. The largest absolute Gasteiger partial charge is 0.418 e. The van der Waals surface area contributed by atoms with E-state index in [1.54, 1.807) is 18.2 Å². The number of nitrogens with zero attached hydrogens (tertiary/aromatic N) is 2. The van der Waals surface area contributed by atoms with Crippen molar-refractivity contribution in [1.82, 2.24) is 4.98 Å². The summed E-state index contributed by atoms with van der Waals surface area (Å²) in [5.41, 5.74) is -0.280. The highest BCUT2D eigenvalue weighted by molar-refractivity contribution is 6.09. The molecular weight excluding hydrogens is 405 g/mol. The lowest BCUT2D eigenvalue weighted by Gasteiger charge is -2.26. The van der Waals surface area contributed by atoms with Crippen molar-refractivity contribution in [3.8, 4) is 0 Å². The van der Waals surface area contributed by atoms with E-state index in [9.17, 15) is 26.7 Å². The van der Waals surface area contributed by atoms with Gasteiger partial charge in [-0.05, 0) is 43.5 Å². The maximum Gasteiger partial charge on any atom is 0.418 e. The van der Waals surface area contributed by atoms with Crippen molar-refractivity contribution < 1.29 is 26.7 Å². The minimum absolute atomic E-state index is 0.0108. The van der Waals surface area contributed by atoms with Crippen LogP contribution in [0.4, 0.5) is 33.5 Å². The lowest BCUT2D eigenvalue weighted by Crippen LogP contribution is -2.30. The van der Waals surface area contributed by atoms with Crippen LogP contribution in [0, 0.1) is 13.8 Å². The summed E-state index contributed by atoms with van der Waals surface area (Å²) in [6.07, 6.45) is -4.65. The first-order valence-electron chi connectivity index (χ1n) is 9.55. The quantitative estimate of drug-likeness (QED) is 0.649. The third kappa shape index (κ3) is 4.88. The number of halogens is 5. The second-order valence-electron chi connectivity index (χ2n) is 7.51. The van der Waals surface area contributed by atoms with Gasteiger partial charge in [-0.1, -0.05) is 12.1 Å². The summed E-state index contributed by atoms with van der Waals surface area (Å²) in [6, 6.07) is 6.82. The smallest absolute Gasteiger partial charge is 0.356 e. The summed E-state index contributed by atoms with van der Waals surface area (Å²) < 4.78 is 67.8. The van der Waals surface area contributed by atoms with Crippen LogP contribution in [0.1, 0.15) is 46.3 Å². The first-order chi connectivity index (χ1) is 14.0. The molecule has 0 unspecified atom stereocenters. The minimum Gasteiger partial charge on any atom is -0.356 e. The normalized spacial score (nSPS) is 16.8. The molecule has 162 valence electrons. The molecule has 1 aliphatic heterocycles. The van der Waals surface area contributed by atoms with Crippen molar-refractivity contribution in [3.63, 3.8) is 0 Å². The van der Waals surface area contributed by atoms with Gasteiger partial charge in [0, 0.05) is 37.8 Å². The minimum atomic E-state index is -4.69. The molecule has 0 saturated carbocycles. The number of carbonyl (C=O) groups is 1. The number of amides is 1. The number of hydrogen-bond donors (Lipinski definition) is 1. The van der Waals surface area contributed by atoms with E-state index in [1.165, 1.54) is 11.8 Å². The Morgan fingerprint density at radius 2 is 1.90 bits per heavy atom. The number of nitrogens with one attached hydrogen (secondary N) is 1. The van der Waals surface area contributed by atoms with Crippen LogP contribution in [0.3, 0.4) is 0 Å². The Morgan fingerprint density at radius 3 is 2.57 bits per heavy atom. The van der Waals surface area contributed by atoms with Crippen LogP contribution in [0.25, 0.3) is 0 Å². The molecule has 0 bridgehead atoms. The summed E-state index contributed by atoms with van der Waals surface area (Å²) in [7, 11) is 0. The van der Waals surface area contributed by atoms with E-state index < -0.39 is 30.0 Å². The van der Waals surface area contributed by atoms with Gasteiger partial charge in [-0.15, -0.1) is 0 Å². The zero-order valence-corrected chi connectivity index (χ0v) is 16.6. The average molecular weight is 427 g/mol. The molecule has 0 atom stereocenters. The molecule has 4 nitrogen and oxygen atoms in total. The monoisotopic (exact) mass is 427 g/mol. The van der Waals surface area contributed by atoms with E-state index in [-0.39, 0.29) is 42.9 Å². The molecular formula is C21H22F5N3O. The van der Waals surface area contributed by atoms with Crippen molar-refractivity contribution in [1.29, 1.82) is 0 Å². The van der Waals surface area contributed by atoms with Crippen molar-refractivity contribution in [2.45, 2.75) is 45.2 Å². The predicted molar refractivity (Wildman–Crippen MR) is 104 cm³/mol. The number of aromatic nitrogens is 1. The van der Waals surface area contributed by atoms with Crippen molar-refractivity contribution >= 4 is 17.4 Å². The number of pyridine rings is 1. The van der Waals surface area contributed by atoms with Gasteiger partial charge in [-0.25, -0.2) is 13.8 Å². The Bertz CT molecular complexity index is 943. The first-order valence-corrected chi connectivity index (χ1v) is 9.55. The Balaban J connectivity index is 2.04. The van der Waals surface area contributed by atoms with E-state index in [0.29, 0.717) is 11.9 Å². The molecule has 30 heavy (non-hydrogen) atoms. The van der Waals surface area contributed by atoms with E-state index in [1.807, 2.05) is 13.0 Å². The molecule has 2 aromatic rings. The molecule has 1 aromatic carbocycles. The fourth-order valence-corrected chi connectivity index (χ4v) is 3.58. The zero-order chi connectivity index (χ0) is 22.1. The van der Waals surface area contributed by atoms with Gasteiger partial charge < -0.3 is 10.2 Å². The van der Waals surface area contributed by atoms with Crippen LogP contribution in [-0.2, 0) is 6.18 Å². The van der Waals surface area contributed by atoms with E-state index >= 15 is 0 Å². The Labute approximate surface area is 171 Å².